The summed E-state index contributed by atoms with van der Waals surface area (Å²) in [6, 6.07) is 0. The summed E-state index contributed by atoms with van der Waals surface area (Å²) in [5, 5.41) is 22.5. The third-order valence-corrected chi connectivity index (χ3v) is 4.00. The van der Waals surface area contributed by atoms with E-state index in [-0.39, 0.29) is 12.5 Å². The monoisotopic (exact) mass is 372 g/mol. The number of amides is 1. The molecule has 8 nitrogen and oxygen atoms in total. The van der Waals surface area contributed by atoms with Crippen LogP contribution in [0.1, 0.15) is 20.3 Å². The number of amidine groups is 1. The van der Waals surface area contributed by atoms with Crippen LogP contribution in [0.4, 0.5) is 0 Å². The van der Waals surface area contributed by atoms with Crippen LogP contribution in [0.3, 0.4) is 0 Å². The van der Waals surface area contributed by atoms with Gasteiger partial charge in [0.15, 0.2) is 0 Å². The van der Waals surface area contributed by atoms with Gasteiger partial charge in [-0.3, -0.25) is 9.79 Å². The molecule has 1 saturated heterocycles. The minimum Gasteiger partial charge on any atom is -0.397 e. The molecule has 1 aliphatic heterocycles. The Morgan fingerprint density at radius 3 is 2.68 bits per heavy atom. The molecule has 9 heteroatoms. The molecule has 1 fully saturated rings. The lowest BCUT2D eigenvalue weighted by molar-refractivity contribution is -0.117. The van der Waals surface area contributed by atoms with Crippen LogP contribution in [-0.2, 0) is 14.1 Å². The van der Waals surface area contributed by atoms with Gasteiger partial charge >= 0.3 is 0 Å². The maximum absolute atomic E-state index is 11.1. The van der Waals surface area contributed by atoms with Crippen LogP contribution in [0.15, 0.2) is 16.6 Å². The number of hydrogen-bond acceptors (Lipinski definition) is 7. The maximum atomic E-state index is 11.1. The first-order chi connectivity index (χ1) is 11.8. The van der Waals surface area contributed by atoms with E-state index in [2.05, 4.69) is 22.3 Å². The first kappa shape index (κ1) is 21.6. The number of carbonyl (C=O) groups excluding carboxylic acids is 1. The molecule has 4 N–H and O–H groups in total. The average Bonchev–Trinajstić information content (AvgIpc) is 2.87. The Hall–Kier alpha value is -1.49. The van der Waals surface area contributed by atoms with Crippen molar-refractivity contribution < 1.29 is 29.2 Å². The smallest absolute Gasteiger partial charge is 0.236 e. The number of carbonyl (C=O) groups is 1. The van der Waals surface area contributed by atoms with Gasteiger partial charge in [-0.25, -0.2) is 0 Å². The molecule has 0 aliphatic carbocycles. The number of hydrogen-bond donors (Lipinski definition) is 4. The van der Waals surface area contributed by atoms with Crippen molar-refractivity contribution in [3.63, 3.8) is 0 Å². The van der Waals surface area contributed by atoms with Crippen molar-refractivity contribution in [2.24, 2.45) is 10.9 Å². The number of nitrogens with one attached hydrogen (secondary N) is 1. The first-order valence-corrected chi connectivity index (χ1v) is 9.40. The lowest BCUT2D eigenvalue weighted by Crippen LogP contribution is -2.29. The molecule has 0 aromatic heterocycles. The third kappa shape index (κ3) is 6.73. The van der Waals surface area contributed by atoms with E-state index in [4.69, 9.17) is 14.2 Å². The number of aliphatic imine (C=N–C) groups is 1. The van der Waals surface area contributed by atoms with Crippen molar-refractivity contribution in [1.29, 1.82) is 0 Å². The molecule has 5 atom stereocenters. The van der Waals surface area contributed by atoms with E-state index >= 15 is 0 Å². The van der Waals surface area contributed by atoms with E-state index in [1.807, 2.05) is 0 Å². The Kier molecular flexibility index (Phi) is 9.04. The standard InChI is InChI=1S/C16H25N2O6P/c1-10(5-6-14(17-3)18-11(2)20)16-15(21)12(13(9-19)24-16)7-8-23-25(4)22/h5,12-13,15-16,19,21-22H,6,9H2,1-4H3,(H,17,18,20)/b10-5+. The second-order valence-corrected chi connectivity index (χ2v) is 6.71. The lowest BCUT2D eigenvalue weighted by atomic mass is 9.94. The molecule has 0 aromatic carbocycles. The predicted molar refractivity (Wildman–Crippen MR) is 94.7 cm³/mol. The van der Waals surface area contributed by atoms with Crippen LogP contribution in [0.5, 0.6) is 0 Å². The summed E-state index contributed by atoms with van der Waals surface area (Å²) in [5.74, 6) is 2.35. The summed E-state index contributed by atoms with van der Waals surface area (Å²) < 4.78 is 10.5. The maximum Gasteiger partial charge on any atom is 0.236 e. The Morgan fingerprint density at radius 2 is 2.16 bits per heavy atom. The van der Waals surface area contributed by atoms with Gasteiger partial charge in [0.05, 0.1) is 18.6 Å². The summed E-state index contributed by atoms with van der Waals surface area (Å²) in [5.41, 5.74) is 0.738. The van der Waals surface area contributed by atoms with E-state index < -0.39 is 32.6 Å². The summed E-state index contributed by atoms with van der Waals surface area (Å²) in [7, 11) is -0.0413. The Labute approximate surface area is 148 Å². The number of aliphatic hydroxyl groups is 2. The predicted octanol–water partition coefficient (Wildman–Crippen LogP) is 0.135. The zero-order valence-corrected chi connectivity index (χ0v) is 15.7. The van der Waals surface area contributed by atoms with Crippen LogP contribution in [0, 0.1) is 17.9 Å². The van der Waals surface area contributed by atoms with Crippen LogP contribution in [-0.4, -0.2) is 65.5 Å². The second-order valence-electron chi connectivity index (χ2n) is 5.60. The Bertz CT molecular complexity index is 581. The molecule has 0 bridgehead atoms. The van der Waals surface area contributed by atoms with Crippen LogP contribution in [0.25, 0.3) is 0 Å². The van der Waals surface area contributed by atoms with Crippen molar-refractivity contribution in [1.82, 2.24) is 5.32 Å². The molecule has 5 unspecified atom stereocenters. The lowest BCUT2D eigenvalue weighted by Gasteiger charge is -2.16. The van der Waals surface area contributed by atoms with Crippen molar-refractivity contribution in [3.8, 4) is 12.0 Å². The molecule has 0 radical (unpaired) electrons. The van der Waals surface area contributed by atoms with Crippen molar-refractivity contribution in [3.05, 3.63) is 11.6 Å². The van der Waals surface area contributed by atoms with Crippen molar-refractivity contribution in [2.45, 2.75) is 38.6 Å². The molecule has 1 heterocycles. The van der Waals surface area contributed by atoms with E-state index in [1.165, 1.54) is 13.6 Å². The van der Waals surface area contributed by atoms with E-state index in [1.54, 1.807) is 20.0 Å². The largest absolute Gasteiger partial charge is 0.397 e. The van der Waals surface area contributed by atoms with Crippen molar-refractivity contribution in [2.75, 3.05) is 20.3 Å². The van der Waals surface area contributed by atoms with Gasteiger partial charge in [-0.05, 0) is 12.5 Å². The highest BCUT2D eigenvalue weighted by Gasteiger charge is 2.43. The number of nitrogens with zero attached hydrogens (tertiary/aromatic N) is 1. The quantitative estimate of drug-likeness (QED) is 0.179. The topological polar surface area (TPSA) is 121 Å². The van der Waals surface area contributed by atoms with Gasteiger partial charge in [-0.1, -0.05) is 12.0 Å². The summed E-state index contributed by atoms with van der Waals surface area (Å²) in [6.45, 7) is 4.37. The summed E-state index contributed by atoms with van der Waals surface area (Å²) in [6.07, 6.45) is 2.29. The highest BCUT2D eigenvalue weighted by atomic mass is 31.2. The van der Waals surface area contributed by atoms with E-state index in [9.17, 15) is 15.0 Å². The summed E-state index contributed by atoms with van der Waals surface area (Å²) >= 11 is 0. The first-order valence-electron chi connectivity index (χ1n) is 7.74. The van der Waals surface area contributed by atoms with Crippen LogP contribution < -0.4 is 5.32 Å². The molecule has 0 saturated carbocycles. The SMILES string of the molecule is CN=C(C/C=C(\C)C1OC(CO)C(C#COP(C)O)C1O)NC(C)=O. The van der Waals surface area contributed by atoms with Crippen LogP contribution >= 0.6 is 8.38 Å². The zero-order chi connectivity index (χ0) is 19.0. The average molecular weight is 372 g/mol. The highest BCUT2D eigenvalue weighted by molar-refractivity contribution is 7.45. The fourth-order valence-electron chi connectivity index (χ4n) is 2.41. The number of rotatable bonds is 5. The Balaban J connectivity index is 2.81. The second kappa shape index (κ2) is 10.5. The normalized spacial score (nSPS) is 28.1. The van der Waals surface area contributed by atoms with Gasteiger partial charge in [-0.2, -0.15) is 0 Å². The fourth-order valence-corrected chi connectivity index (χ4v) is 2.59. The Morgan fingerprint density at radius 1 is 1.48 bits per heavy atom. The van der Waals surface area contributed by atoms with Gasteiger partial charge in [0.25, 0.3) is 0 Å². The fraction of sp³-hybridized carbons (Fsp3) is 0.625. The molecule has 1 aliphatic rings. The minimum absolute atomic E-state index is 0.209. The zero-order valence-electron chi connectivity index (χ0n) is 14.8. The molecule has 1 rings (SSSR count). The van der Waals surface area contributed by atoms with Gasteiger partial charge in [0, 0.05) is 27.1 Å². The van der Waals surface area contributed by atoms with Gasteiger partial charge in [-0.15, -0.1) is 0 Å². The van der Waals surface area contributed by atoms with E-state index in [0.717, 1.165) is 5.57 Å². The molecular weight excluding hydrogens is 347 g/mol. The molecule has 1 amide bonds. The van der Waals surface area contributed by atoms with Crippen LogP contribution in [0.2, 0.25) is 0 Å². The molecule has 140 valence electrons. The molecule has 0 aromatic rings. The summed E-state index contributed by atoms with van der Waals surface area (Å²) in [4.78, 5) is 24.2. The van der Waals surface area contributed by atoms with Crippen molar-refractivity contribution >= 4 is 20.1 Å². The van der Waals surface area contributed by atoms with E-state index in [0.29, 0.717) is 12.3 Å². The molecule has 0 spiro atoms. The molecular formula is C16H25N2O6P. The van der Waals surface area contributed by atoms with Gasteiger partial charge in [0.2, 0.25) is 14.3 Å². The highest BCUT2D eigenvalue weighted by Crippen LogP contribution is 2.31. The number of ether oxygens (including phenoxy) is 1. The van der Waals surface area contributed by atoms with Gasteiger partial charge < -0.3 is 29.7 Å². The molecule has 25 heavy (non-hydrogen) atoms. The van der Waals surface area contributed by atoms with Gasteiger partial charge in [0.1, 0.15) is 24.2 Å². The number of aliphatic hydroxyl groups excluding tert-OH is 2. The third-order valence-electron chi connectivity index (χ3n) is 3.64. The minimum atomic E-state index is -1.62.